The normalized spacial score (nSPS) is 35.4. The second-order valence-electron chi connectivity index (χ2n) is 20.7. The number of aliphatic hydroxyl groups excluding tert-OH is 2. The van der Waals surface area contributed by atoms with Gasteiger partial charge in [0.05, 0.1) is 62.0 Å². The van der Waals surface area contributed by atoms with Gasteiger partial charge >= 0.3 is 11.9 Å². The summed E-state index contributed by atoms with van der Waals surface area (Å²) in [4.78, 5) is 25.2. The van der Waals surface area contributed by atoms with Gasteiger partial charge in [-0.3, -0.25) is 0 Å². The number of cyclic esters (lactones) is 2. The van der Waals surface area contributed by atoms with Crippen LogP contribution in [0.15, 0.2) is 145 Å². The SMILES string of the molecule is C=C1C[C@H](C)C[C@@H]2CC=C[C@@H](C/C=C\C(=O)O[C@H](C/C=C/[C@@H]3CC(C)=CCO3)C/C=C/[C@@H](O)C1)O2.C=C1C[C@H](C)C[C@@H]2CC=C[C@@H](C/C=C\C(=O)O[C@H]([C@H](/C=C/[C@@H]3CC(C)=CCO3)OC)C/C=C/[C@@H](O)C1)O2. The van der Waals surface area contributed by atoms with Crippen molar-refractivity contribution in [2.75, 3.05) is 20.3 Å². The zero-order chi connectivity index (χ0) is 51.7. The summed E-state index contributed by atoms with van der Waals surface area (Å²) in [5, 5.41) is 21.0. The maximum Gasteiger partial charge on any atom is 0.330 e. The summed E-state index contributed by atoms with van der Waals surface area (Å²) in [5.74, 6) is 0.0613. The number of carbonyl (C=O) groups excluding carboxylic acids is 2. The fourth-order valence-corrected chi connectivity index (χ4v) is 9.93. The highest BCUT2D eigenvalue weighted by molar-refractivity contribution is 5.82. The summed E-state index contributed by atoms with van der Waals surface area (Å²) >= 11 is 0. The third-order valence-electron chi connectivity index (χ3n) is 13.5. The topological polar surface area (TPSA) is 139 Å². The Labute approximate surface area is 431 Å². The van der Waals surface area contributed by atoms with E-state index in [1.54, 1.807) is 19.3 Å². The van der Waals surface area contributed by atoms with E-state index in [0.29, 0.717) is 70.0 Å². The minimum absolute atomic E-state index is 0.0245. The van der Waals surface area contributed by atoms with E-state index in [1.807, 2.05) is 42.5 Å². The third-order valence-corrected chi connectivity index (χ3v) is 13.5. The van der Waals surface area contributed by atoms with Crippen molar-refractivity contribution in [1.82, 2.24) is 0 Å². The molecule has 4 bridgehead atoms. The molecule has 0 fully saturated rings. The number of aliphatic hydroxyl groups is 2. The highest BCUT2D eigenvalue weighted by atomic mass is 16.6. The number of fused-ring (bicyclic) bond motifs is 4. The Morgan fingerprint density at radius 3 is 1.67 bits per heavy atom. The molecule has 0 radical (unpaired) electrons. The van der Waals surface area contributed by atoms with E-state index < -0.39 is 30.4 Å². The van der Waals surface area contributed by atoms with Crippen molar-refractivity contribution in [3.63, 3.8) is 0 Å². The smallest absolute Gasteiger partial charge is 0.330 e. The van der Waals surface area contributed by atoms with Gasteiger partial charge in [-0.15, -0.1) is 0 Å². The van der Waals surface area contributed by atoms with E-state index >= 15 is 0 Å². The van der Waals surface area contributed by atoms with Crippen molar-refractivity contribution >= 4 is 11.9 Å². The zero-order valence-electron chi connectivity index (χ0n) is 43.9. The molecule has 6 aliphatic heterocycles. The maximum absolute atomic E-state index is 12.7. The van der Waals surface area contributed by atoms with E-state index in [9.17, 15) is 19.8 Å². The molecule has 11 nitrogen and oxygen atoms in total. The highest BCUT2D eigenvalue weighted by Gasteiger charge is 2.25. The lowest BCUT2D eigenvalue weighted by atomic mass is 9.91. The van der Waals surface area contributed by atoms with Gasteiger partial charge in [0.25, 0.3) is 0 Å². The molecule has 13 atom stereocenters. The zero-order valence-corrected chi connectivity index (χ0v) is 43.9. The van der Waals surface area contributed by atoms with Crippen molar-refractivity contribution in [1.29, 1.82) is 0 Å². The Kier molecular flexibility index (Phi) is 26.0. The molecule has 6 aliphatic rings. The molecule has 2 N–H and O–H groups in total. The Hall–Kier alpha value is -4.46. The Balaban J connectivity index is 0.000000268. The monoisotopic (exact) mass is 995 g/mol. The molecule has 0 aliphatic carbocycles. The van der Waals surface area contributed by atoms with Crippen molar-refractivity contribution in [3.8, 4) is 0 Å². The first-order valence-corrected chi connectivity index (χ1v) is 26.5. The van der Waals surface area contributed by atoms with Crippen LogP contribution in [0.25, 0.3) is 0 Å². The number of methoxy groups -OCH3 is 1. The molecule has 6 heterocycles. The molecule has 0 aromatic rings. The molecular formula is C61H86O11. The van der Waals surface area contributed by atoms with Gasteiger partial charge in [0.15, 0.2) is 0 Å². The highest BCUT2D eigenvalue weighted by Crippen LogP contribution is 2.28. The van der Waals surface area contributed by atoms with Gasteiger partial charge in [0.2, 0.25) is 0 Å². The van der Waals surface area contributed by atoms with Crippen LogP contribution < -0.4 is 0 Å². The molecule has 0 saturated heterocycles. The first-order chi connectivity index (χ1) is 34.7. The lowest BCUT2D eigenvalue weighted by molar-refractivity contribution is -0.148. The van der Waals surface area contributed by atoms with Crippen molar-refractivity contribution < 1.29 is 53.0 Å². The van der Waals surface area contributed by atoms with Crippen LogP contribution in [0, 0.1) is 11.8 Å². The van der Waals surface area contributed by atoms with Crippen LogP contribution in [0.1, 0.15) is 124 Å². The molecule has 0 amide bonds. The Morgan fingerprint density at radius 2 is 1.14 bits per heavy atom. The van der Waals surface area contributed by atoms with Gasteiger partial charge in [-0.25, -0.2) is 9.59 Å². The van der Waals surface area contributed by atoms with Crippen LogP contribution in [-0.4, -0.2) is 110 Å². The van der Waals surface area contributed by atoms with Crippen molar-refractivity contribution in [2.45, 2.75) is 191 Å². The van der Waals surface area contributed by atoms with Crippen LogP contribution in [0.4, 0.5) is 0 Å². The lowest BCUT2D eigenvalue weighted by Crippen LogP contribution is -2.31. The molecular weight excluding hydrogens is 909 g/mol. The minimum atomic E-state index is -0.644. The molecule has 72 heavy (non-hydrogen) atoms. The van der Waals surface area contributed by atoms with Crippen LogP contribution in [-0.2, 0) is 42.7 Å². The molecule has 0 aromatic heterocycles. The molecule has 0 aromatic carbocycles. The lowest BCUT2D eigenvalue weighted by Gasteiger charge is -2.28. The number of hydrogen-bond acceptors (Lipinski definition) is 11. The predicted octanol–water partition coefficient (Wildman–Crippen LogP) is 11.5. The summed E-state index contributed by atoms with van der Waals surface area (Å²) in [5.41, 5.74) is 4.69. The van der Waals surface area contributed by atoms with E-state index in [1.165, 1.54) is 23.3 Å². The predicted molar refractivity (Wildman–Crippen MR) is 286 cm³/mol. The third kappa shape index (κ3) is 23.2. The van der Waals surface area contributed by atoms with Gasteiger partial charge in [-0.05, 0) is 103 Å². The van der Waals surface area contributed by atoms with Gasteiger partial charge < -0.3 is 43.4 Å². The van der Waals surface area contributed by atoms with Gasteiger partial charge in [-0.1, -0.05) is 147 Å². The van der Waals surface area contributed by atoms with Crippen molar-refractivity contribution in [3.05, 3.63) is 145 Å². The van der Waals surface area contributed by atoms with Crippen LogP contribution in [0.3, 0.4) is 0 Å². The van der Waals surface area contributed by atoms with E-state index in [0.717, 1.165) is 62.5 Å². The first-order valence-electron chi connectivity index (χ1n) is 26.5. The molecule has 396 valence electrons. The van der Waals surface area contributed by atoms with Crippen LogP contribution in [0.5, 0.6) is 0 Å². The number of esters is 2. The van der Waals surface area contributed by atoms with Crippen molar-refractivity contribution in [2.24, 2.45) is 11.8 Å². The average Bonchev–Trinajstić information content (AvgIpc) is 3.31. The number of rotatable bonds is 7. The van der Waals surface area contributed by atoms with Gasteiger partial charge in [0, 0.05) is 38.5 Å². The van der Waals surface area contributed by atoms with Crippen LogP contribution in [0.2, 0.25) is 0 Å². The number of hydrogen-bond donors (Lipinski definition) is 2. The summed E-state index contributed by atoms with van der Waals surface area (Å²) in [6.45, 7) is 18.2. The molecule has 0 unspecified atom stereocenters. The molecule has 11 heteroatoms. The standard InChI is InChI=1S/C31H44O6.C30H42O5/c1-22-16-17-35-27(20-22)14-15-29(34-4)30-12-5-8-25(32)19-23(2)18-24(3)21-28-11-6-9-26(36-28)10-7-13-31(33)37-30;1-22-16-17-33-28(20-22)13-5-11-27-9-4-8-25(31)19-23(2)18-24(3)21-29-14-6-10-26(34-29)12-7-15-30(32)35-27/h5-9,13-16,24-30,32H,2,10-12,17-21H2,1,3-4H3;4-8,10,13,15-16,24-29,31H,2,9,11-12,14,17-21H2,1,3H3/b8-5+,13-7-,15-14+;8-4+,13-5+,15-7-/t24-,25+,26-,27+,28-,29-,30-;24-,25+,26-,27-,28+,29-/m00/s1. The number of ether oxygens (including phenoxy) is 7. The quantitative estimate of drug-likeness (QED) is 0.186. The molecule has 0 spiro atoms. The minimum Gasteiger partial charge on any atom is -0.459 e. The second kappa shape index (κ2) is 32.0. The van der Waals surface area contributed by atoms with Gasteiger partial charge in [0.1, 0.15) is 18.3 Å². The largest absolute Gasteiger partial charge is 0.459 e. The maximum atomic E-state index is 12.7. The second-order valence-corrected chi connectivity index (χ2v) is 20.7. The van der Waals surface area contributed by atoms with Crippen LogP contribution >= 0.6 is 0 Å². The van der Waals surface area contributed by atoms with Gasteiger partial charge in [-0.2, -0.15) is 0 Å². The van der Waals surface area contributed by atoms with E-state index in [2.05, 4.69) is 83.4 Å². The van der Waals surface area contributed by atoms with E-state index in [4.69, 9.17) is 33.2 Å². The summed E-state index contributed by atoms with van der Waals surface area (Å²) < 4.78 is 41.3. The number of carbonyl (C=O) groups is 2. The summed E-state index contributed by atoms with van der Waals surface area (Å²) in [6.07, 6.45) is 43.2. The Bertz CT molecular complexity index is 2030. The summed E-state index contributed by atoms with van der Waals surface area (Å²) in [7, 11) is 1.60. The molecule has 6 rings (SSSR count). The first kappa shape index (κ1) is 58.4. The average molecular weight is 995 g/mol. The van der Waals surface area contributed by atoms with E-state index in [-0.39, 0.29) is 48.7 Å². The summed E-state index contributed by atoms with van der Waals surface area (Å²) in [6, 6.07) is 0. The fraction of sp³-hybridized carbons (Fsp3) is 0.574. The fourth-order valence-electron chi connectivity index (χ4n) is 9.93. The molecule has 0 saturated carbocycles. The Morgan fingerprint density at radius 1 is 0.639 bits per heavy atom.